The lowest BCUT2D eigenvalue weighted by atomic mass is 9.80. The molecule has 1 aliphatic carbocycles. The first-order chi connectivity index (χ1) is 21.1. The van der Waals surface area contributed by atoms with Gasteiger partial charge in [-0.1, -0.05) is 31.2 Å². The number of H-pyrrole nitrogens is 1. The average Bonchev–Trinajstić information content (AvgIpc) is 3.32. The van der Waals surface area contributed by atoms with Crippen LogP contribution in [0.25, 0.3) is 22.2 Å². The summed E-state index contributed by atoms with van der Waals surface area (Å²) < 4.78 is 0. The fourth-order valence-corrected chi connectivity index (χ4v) is 5.93. The lowest BCUT2D eigenvalue weighted by Crippen LogP contribution is -2.51. The van der Waals surface area contributed by atoms with E-state index in [1.807, 2.05) is 31.3 Å². The third kappa shape index (κ3) is 7.31. The number of fused-ring (bicyclic) bond motifs is 1. The molecule has 44 heavy (non-hydrogen) atoms. The van der Waals surface area contributed by atoms with Gasteiger partial charge in [0, 0.05) is 52.6 Å². The second-order valence-electron chi connectivity index (χ2n) is 12.1. The first kappa shape index (κ1) is 30.9. The van der Waals surface area contributed by atoms with E-state index in [1.54, 1.807) is 18.2 Å². The molecule has 230 valence electrons. The van der Waals surface area contributed by atoms with E-state index in [9.17, 15) is 9.59 Å². The molecular weight excluding hydrogens is 552 g/mol. The Morgan fingerprint density at radius 3 is 2.70 bits per heavy atom. The summed E-state index contributed by atoms with van der Waals surface area (Å²) in [7, 11) is 3.87. The fourth-order valence-electron chi connectivity index (χ4n) is 5.93. The number of amides is 2. The van der Waals surface area contributed by atoms with Crippen molar-refractivity contribution >= 4 is 34.4 Å². The van der Waals surface area contributed by atoms with Crippen molar-refractivity contribution in [3.8, 4) is 11.3 Å². The maximum absolute atomic E-state index is 13.2. The number of aromatic nitrogens is 4. The number of rotatable bonds is 10. The maximum atomic E-state index is 13.2. The third-order valence-corrected chi connectivity index (χ3v) is 8.11. The molecule has 2 amide bonds. The van der Waals surface area contributed by atoms with Crippen molar-refractivity contribution < 1.29 is 9.59 Å². The summed E-state index contributed by atoms with van der Waals surface area (Å²) in [6.45, 7) is 6.96. The molecule has 5 rings (SSSR count). The molecule has 10 heteroatoms. The molecule has 4 N–H and O–H groups in total. The molecule has 3 aromatic heterocycles. The number of hydrogen-bond donors (Lipinski definition) is 4. The molecule has 0 unspecified atom stereocenters. The van der Waals surface area contributed by atoms with Crippen LogP contribution in [0.1, 0.15) is 61.3 Å². The van der Waals surface area contributed by atoms with E-state index in [0.29, 0.717) is 23.9 Å². The maximum Gasteiger partial charge on any atom is 0.270 e. The molecular formula is C34H42N8O2. The number of carbonyl (C=O) groups excluding carboxylic acids is 2. The first-order valence-corrected chi connectivity index (χ1v) is 15.2. The summed E-state index contributed by atoms with van der Waals surface area (Å²) in [5.74, 6) is 0.118. The SMILES string of the molecule is CCc1cnc(N[C@@H]2CCC[C@](C)(NC(=O)c3ccc(NC(=O)/C=C/CN(C)C)cn3)C2)nc1-c1c(C)[nH]c2ccccc12. The number of pyridine rings is 1. The van der Waals surface area contributed by atoms with Crippen LogP contribution in [-0.2, 0) is 11.2 Å². The van der Waals surface area contributed by atoms with Gasteiger partial charge < -0.3 is 25.8 Å². The third-order valence-electron chi connectivity index (χ3n) is 8.11. The highest BCUT2D eigenvalue weighted by atomic mass is 16.2. The van der Waals surface area contributed by atoms with Crippen LogP contribution in [0.4, 0.5) is 11.6 Å². The van der Waals surface area contributed by atoms with Gasteiger partial charge in [0.05, 0.1) is 17.6 Å². The van der Waals surface area contributed by atoms with Crippen LogP contribution in [-0.4, -0.2) is 68.9 Å². The minimum Gasteiger partial charge on any atom is -0.358 e. The molecule has 0 aliphatic heterocycles. The van der Waals surface area contributed by atoms with Gasteiger partial charge in [-0.25, -0.2) is 15.0 Å². The molecule has 4 aromatic rings. The number of nitrogens with zero attached hydrogens (tertiary/aromatic N) is 4. The van der Waals surface area contributed by atoms with E-state index in [-0.39, 0.29) is 17.9 Å². The second-order valence-corrected chi connectivity index (χ2v) is 12.1. The van der Waals surface area contributed by atoms with Crippen LogP contribution in [0.5, 0.6) is 0 Å². The van der Waals surface area contributed by atoms with Gasteiger partial charge in [-0.05, 0) is 83.8 Å². The largest absolute Gasteiger partial charge is 0.358 e. The summed E-state index contributed by atoms with van der Waals surface area (Å²) >= 11 is 0. The molecule has 1 aromatic carbocycles. The lowest BCUT2D eigenvalue weighted by molar-refractivity contribution is -0.111. The predicted octanol–water partition coefficient (Wildman–Crippen LogP) is 5.49. The van der Waals surface area contributed by atoms with Gasteiger partial charge >= 0.3 is 0 Å². The fraction of sp³-hybridized carbons (Fsp3) is 0.382. The molecule has 0 spiro atoms. The first-order valence-electron chi connectivity index (χ1n) is 15.2. The second kappa shape index (κ2) is 13.4. The molecule has 1 fully saturated rings. The lowest BCUT2D eigenvalue weighted by Gasteiger charge is -2.39. The van der Waals surface area contributed by atoms with Crippen molar-refractivity contribution in [3.05, 3.63) is 77.9 Å². The van der Waals surface area contributed by atoms with Gasteiger partial charge in [0.2, 0.25) is 11.9 Å². The van der Waals surface area contributed by atoms with Crippen LogP contribution in [0, 0.1) is 6.92 Å². The summed E-state index contributed by atoms with van der Waals surface area (Å²) in [4.78, 5) is 44.8. The summed E-state index contributed by atoms with van der Waals surface area (Å²) in [5, 5.41) is 10.7. The molecule has 1 aliphatic rings. The van der Waals surface area contributed by atoms with Gasteiger partial charge in [-0.3, -0.25) is 9.59 Å². The van der Waals surface area contributed by atoms with Gasteiger partial charge in [0.25, 0.3) is 5.91 Å². The molecule has 0 bridgehead atoms. The number of benzene rings is 1. The normalized spacial score (nSPS) is 18.5. The van der Waals surface area contributed by atoms with Crippen LogP contribution in [0.2, 0.25) is 0 Å². The molecule has 10 nitrogen and oxygen atoms in total. The number of likely N-dealkylation sites (N-methyl/N-ethyl adjacent to an activating group) is 1. The Bertz CT molecular complexity index is 1660. The molecule has 1 saturated carbocycles. The summed E-state index contributed by atoms with van der Waals surface area (Å²) in [6.07, 6.45) is 11.0. The van der Waals surface area contributed by atoms with E-state index in [2.05, 4.69) is 69.9 Å². The molecule has 2 atom stereocenters. The zero-order valence-corrected chi connectivity index (χ0v) is 26.2. The quantitative estimate of drug-likeness (QED) is 0.179. The smallest absolute Gasteiger partial charge is 0.270 e. The Morgan fingerprint density at radius 2 is 1.95 bits per heavy atom. The van der Waals surface area contributed by atoms with Crippen LogP contribution in [0.15, 0.2) is 60.9 Å². The van der Waals surface area contributed by atoms with E-state index in [0.717, 1.165) is 65.5 Å². The predicted molar refractivity (Wildman–Crippen MR) is 176 cm³/mol. The number of nitrogens with one attached hydrogen (secondary N) is 4. The number of anilines is 2. The highest BCUT2D eigenvalue weighted by molar-refractivity contribution is 6.00. The monoisotopic (exact) mass is 594 g/mol. The topological polar surface area (TPSA) is 128 Å². The summed E-state index contributed by atoms with van der Waals surface area (Å²) in [6, 6.07) is 11.7. The van der Waals surface area contributed by atoms with Gasteiger partial charge in [0.15, 0.2) is 0 Å². The highest BCUT2D eigenvalue weighted by Crippen LogP contribution is 2.34. The Hall–Kier alpha value is -4.57. The Morgan fingerprint density at radius 1 is 1.14 bits per heavy atom. The number of aromatic amines is 1. The molecule has 0 radical (unpaired) electrons. The van der Waals surface area contributed by atoms with E-state index < -0.39 is 5.54 Å². The Kier molecular flexibility index (Phi) is 9.39. The van der Waals surface area contributed by atoms with E-state index in [4.69, 9.17) is 4.98 Å². The van der Waals surface area contributed by atoms with E-state index >= 15 is 0 Å². The van der Waals surface area contributed by atoms with Crippen molar-refractivity contribution in [3.63, 3.8) is 0 Å². The van der Waals surface area contributed by atoms with Gasteiger partial charge in [-0.15, -0.1) is 0 Å². The minimum atomic E-state index is -0.418. The van der Waals surface area contributed by atoms with Crippen molar-refractivity contribution in [2.24, 2.45) is 0 Å². The Balaban J connectivity index is 1.24. The average molecular weight is 595 g/mol. The van der Waals surface area contributed by atoms with Gasteiger partial charge in [-0.2, -0.15) is 0 Å². The van der Waals surface area contributed by atoms with Crippen LogP contribution >= 0.6 is 0 Å². The van der Waals surface area contributed by atoms with Crippen molar-refractivity contribution in [2.75, 3.05) is 31.3 Å². The van der Waals surface area contributed by atoms with Crippen molar-refractivity contribution in [2.45, 2.75) is 64.5 Å². The van der Waals surface area contributed by atoms with Crippen molar-refractivity contribution in [1.29, 1.82) is 0 Å². The minimum absolute atomic E-state index is 0.101. The number of para-hydroxylation sites is 1. The van der Waals surface area contributed by atoms with Crippen LogP contribution in [0.3, 0.4) is 0 Å². The van der Waals surface area contributed by atoms with Crippen molar-refractivity contribution in [1.82, 2.24) is 30.2 Å². The molecule has 0 saturated heterocycles. The van der Waals surface area contributed by atoms with Crippen LogP contribution < -0.4 is 16.0 Å². The molecule has 3 heterocycles. The zero-order valence-electron chi connectivity index (χ0n) is 26.2. The van der Waals surface area contributed by atoms with E-state index in [1.165, 1.54) is 12.3 Å². The highest BCUT2D eigenvalue weighted by Gasteiger charge is 2.34. The number of carbonyl (C=O) groups is 2. The number of aryl methyl sites for hydroxylation is 2. The van der Waals surface area contributed by atoms with Gasteiger partial charge in [0.1, 0.15) is 5.69 Å². The summed E-state index contributed by atoms with van der Waals surface area (Å²) in [5.41, 5.74) is 5.76. The zero-order chi connectivity index (χ0) is 31.3. The Labute approximate surface area is 258 Å². The standard InChI is InChI=1S/C34H42N8O2/c1-6-23-20-36-33(40-31(23)30-22(2)37-27-13-8-7-12-26(27)30)39-24-11-9-17-34(3,19-24)41-32(44)28-16-15-25(21-35-28)38-29(43)14-10-18-42(4)5/h7-8,10,12-16,20-21,24,37H,6,9,11,17-19H2,1-5H3,(H,38,43)(H,41,44)(H,36,39,40)/b14-10+/t24-,34+/m1/s1. The number of hydrogen-bond acceptors (Lipinski definition) is 7.